The molecule has 1 aliphatic heterocycles. The topological polar surface area (TPSA) is 29.0 Å². The van der Waals surface area contributed by atoms with E-state index in [2.05, 4.69) is 21.9 Å². The lowest BCUT2D eigenvalue weighted by molar-refractivity contribution is 0.251. The number of rotatable bonds is 3. The first kappa shape index (κ1) is 11.9. The number of hydrogen-bond acceptors (Lipinski definition) is 4. The van der Waals surface area contributed by atoms with Gasteiger partial charge in [0, 0.05) is 18.3 Å². The largest absolute Gasteiger partial charge is 0.297 e. The van der Waals surface area contributed by atoms with Gasteiger partial charge < -0.3 is 0 Å². The number of fused-ring (bicyclic) bond motifs is 1. The summed E-state index contributed by atoms with van der Waals surface area (Å²) in [7, 11) is 2.19. The predicted molar refractivity (Wildman–Crippen MR) is 76.7 cm³/mol. The zero-order chi connectivity index (χ0) is 12.4. The van der Waals surface area contributed by atoms with E-state index in [0.717, 1.165) is 23.3 Å². The molecule has 1 aromatic carbocycles. The summed E-state index contributed by atoms with van der Waals surface area (Å²) in [6.07, 6.45) is 3.20. The van der Waals surface area contributed by atoms with Crippen molar-refractivity contribution in [1.82, 2.24) is 14.9 Å². The molecule has 0 N–H and O–H groups in total. The summed E-state index contributed by atoms with van der Waals surface area (Å²) in [5, 5.41) is 0. The van der Waals surface area contributed by atoms with Gasteiger partial charge in [0.2, 0.25) is 0 Å². The lowest BCUT2D eigenvalue weighted by atomic mass is 10.2. The van der Waals surface area contributed by atoms with Gasteiger partial charge in [0.15, 0.2) is 0 Å². The Morgan fingerprint density at radius 1 is 1.33 bits per heavy atom. The minimum absolute atomic E-state index is 0.697. The van der Waals surface area contributed by atoms with Crippen LogP contribution in [0.2, 0.25) is 0 Å². The molecule has 2 heterocycles. The quantitative estimate of drug-likeness (QED) is 0.847. The van der Waals surface area contributed by atoms with Crippen LogP contribution >= 0.6 is 11.8 Å². The molecule has 0 radical (unpaired) electrons. The Labute approximate surface area is 112 Å². The van der Waals surface area contributed by atoms with E-state index in [1.165, 1.54) is 17.9 Å². The lowest BCUT2D eigenvalue weighted by Crippen LogP contribution is -2.31. The molecule has 4 heteroatoms. The smallest absolute Gasteiger partial charge is 0.0890 e. The van der Waals surface area contributed by atoms with E-state index >= 15 is 0 Å². The molecule has 0 aliphatic carbocycles. The molecule has 1 saturated heterocycles. The van der Waals surface area contributed by atoms with Crippen molar-refractivity contribution in [1.29, 1.82) is 0 Å². The van der Waals surface area contributed by atoms with Gasteiger partial charge in [-0.2, -0.15) is 11.8 Å². The predicted octanol–water partition coefficient (Wildman–Crippen LogP) is 2.57. The second kappa shape index (κ2) is 5.24. The van der Waals surface area contributed by atoms with E-state index in [1.807, 2.05) is 42.2 Å². The summed E-state index contributed by atoms with van der Waals surface area (Å²) in [6.45, 7) is 0.892. The van der Waals surface area contributed by atoms with Gasteiger partial charge in [-0.1, -0.05) is 12.1 Å². The van der Waals surface area contributed by atoms with Crippen LogP contribution in [0.15, 0.2) is 30.5 Å². The third-order valence-corrected chi connectivity index (χ3v) is 4.58. The monoisotopic (exact) mass is 259 g/mol. The molecular weight excluding hydrogens is 242 g/mol. The fourth-order valence-corrected chi connectivity index (χ4v) is 3.62. The van der Waals surface area contributed by atoms with Crippen LogP contribution in [0.25, 0.3) is 11.0 Å². The van der Waals surface area contributed by atoms with E-state index in [-0.39, 0.29) is 0 Å². The zero-order valence-electron chi connectivity index (χ0n) is 10.5. The Morgan fingerprint density at radius 2 is 2.17 bits per heavy atom. The summed E-state index contributed by atoms with van der Waals surface area (Å²) in [5.74, 6) is 2.54. The molecule has 2 aromatic rings. The Hall–Kier alpha value is -1.13. The van der Waals surface area contributed by atoms with Crippen molar-refractivity contribution in [3.05, 3.63) is 36.2 Å². The van der Waals surface area contributed by atoms with Gasteiger partial charge >= 0.3 is 0 Å². The van der Waals surface area contributed by atoms with Crippen LogP contribution < -0.4 is 0 Å². The summed E-state index contributed by atoms with van der Waals surface area (Å²) < 4.78 is 0. The second-order valence-corrected chi connectivity index (χ2v) is 5.93. The van der Waals surface area contributed by atoms with Crippen molar-refractivity contribution >= 4 is 22.8 Å². The molecule has 0 spiro atoms. The molecule has 0 bridgehead atoms. The molecule has 3 rings (SSSR count). The molecule has 1 fully saturated rings. The van der Waals surface area contributed by atoms with E-state index in [0.29, 0.717) is 6.04 Å². The van der Waals surface area contributed by atoms with Crippen LogP contribution in [-0.4, -0.2) is 39.5 Å². The number of thioether (sulfide) groups is 1. The van der Waals surface area contributed by atoms with Gasteiger partial charge in [-0.05, 0) is 31.4 Å². The first-order valence-electron chi connectivity index (χ1n) is 6.31. The molecule has 94 valence electrons. The molecule has 0 amide bonds. The van der Waals surface area contributed by atoms with E-state index in [4.69, 9.17) is 0 Å². The van der Waals surface area contributed by atoms with Crippen molar-refractivity contribution in [3.8, 4) is 0 Å². The van der Waals surface area contributed by atoms with Gasteiger partial charge in [0.05, 0.1) is 22.9 Å². The number of hydrogen-bond donors (Lipinski definition) is 0. The SMILES string of the molecule is CN(Cc1cnc2ccccc2n1)[C@@H]1CCSC1. The fraction of sp³-hybridized carbons (Fsp3) is 0.429. The lowest BCUT2D eigenvalue weighted by Gasteiger charge is -2.22. The molecule has 18 heavy (non-hydrogen) atoms. The van der Waals surface area contributed by atoms with Crippen molar-refractivity contribution in [2.24, 2.45) is 0 Å². The third-order valence-electron chi connectivity index (χ3n) is 3.44. The Bertz CT molecular complexity index is 537. The molecule has 0 saturated carbocycles. The maximum Gasteiger partial charge on any atom is 0.0890 e. The highest BCUT2D eigenvalue weighted by molar-refractivity contribution is 7.99. The van der Waals surface area contributed by atoms with E-state index in [9.17, 15) is 0 Å². The van der Waals surface area contributed by atoms with Crippen LogP contribution in [-0.2, 0) is 6.54 Å². The van der Waals surface area contributed by atoms with Gasteiger partial charge in [0.25, 0.3) is 0 Å². The summed E-state index contributed by atoms with van der Waals surface area (Å²) in [5.41, 5.74) is 3.03. The van der Waals surface area contributed by atoms with Crippen molar-refractivity contribution in [2.45, 2.75) is 19.0 Å². The standard InChI is InChI=1S/C14H17N3S/c1-17(12-6-7-18-10-12)9-11-8-15-13-4-2-3-5-14(13)16-11/h2-5,8,12H,6-7,9-10H2,1H3/t12-/m1/s1. The van der Waals surface area contributed by atoms with Crippen molar-refractivity contribution in [2.75, 3.05) is 18.6 Å². The van der Waals surface area contributed by atoms with E-state index < -0.39 is 0 Å². The molecule has 1 aliphatic rings. The average Bonchev–Trinajstić information content (AvgIpc) is 2.92. The van der Waals surface area contributed by atoms with E-state index in [1.54, 1.807) is 0 Å². The van der Waals surface area contributed by atoms with Crippen LogP contribution in [0, 0.1) is 0 Å². The zero-order valence-corrected chi connectivity index (χ0v) is 11.4. The Kier molecular flexibility index (Phi) is 3.48. The van der Waals surface area contributed by atoms with Crippen LogP contribution in [0.3, 0.4) is 0 Å². The van der Waals surface area contributed by atoms with Crippen molar-refractivity contribution in [3.63, 3.8) is 0 Å². The molecule has 1 atom stereocenters. The van der Waals surface area contributed by atoms with Gasteiger partial charge in [0.1, 0.15) is 0 Å². The molecule has 3 nitrogen and oxygen atoms in total. The summed E-state index contributed by atoms with van der Waals surface area (Å²) >= 11 is 2.05. The minimum Gasteiger partial charge on any atom is -0.297 e. The minimum atomic E-state index is 0.697. The second-order valence-electron chi connectivity index (χ2n) is 4.78. The number of nitrogens with zero attached hydrogens (tertiary/aromatic N) is 3. The van der Waals surface area contributed by atoms with Gasteiger partial charge in [-0.25, -0.2) is 4.98 Å². The first-order valence-corrected chi connectivity index (χ1v) is 7.47. The highest BCUT2D eigenvalue weighted by Crippen LogP contribution is 2.22. The molecule has 0 unspecified atom stereocenters. The summed E-state index contributed by atoms with van der Waals surface area (Å²) in [6, 6.07) is 8.74. The van der Waals surface area contributed by atoms with Crippen LogP contribution in [0.1, 0.15) is 12.1 Å². The van der Waals surface area contributed by atoms with Crippen LogP contribution in [0.5, 0.6) is 0 Å². The Morgan fingerprint density at radius 3 is 2.94 bits per heavy atom. The highest BCUT2D eigenvalue weighted by Gasteiger charge is 2.20. The van der Waals surface area contributed by atoms with Gasteiger partial charge in [-0.15, -0.1) is 0 Å². The first-order chi connectivity index (χ1) is 8.83. The fourth-order valence-electron chi connectivity index (χ4n) is 2.33. The highest BCUT2D eigenvalue weighted by atomic mass is 32.2. The third kappa shape index (κ3) is 2.49. The molecule has 1 aromatic heterocycles. The van der Waals surface area contributed by atoms with Crippen molar-refractivity contribution < 1.29 is 0 Å². The maximum atomic E-state index is 4.68. The van der Waals surface area contributed by atoms with Crippen LogP contribution in [0.4, 0.5) is 0 Å². The Balaban J connectivity index is 1.77. The summed E-state index contributed by atoms with van der Waals surface area (Å²) in [4.78, 5) is 11.5. The normalized spacial score (nSPS) is 19.8. The number of aromatic nitrogens is 2. The number of benzene rings is 1. The molecular formula is C14H17N3S. The average molecular weight is 259 g/mol. The maximum absolute atomic E-state index is 4.68. The number of para-hydroxylation sites is 2. The van der Waals surface area contributed by atoms with Gasteiger partial charge in [-0.3, -0.25) is 9.88 Å².